The Morgan fingerprint density at radius 3 is 2.35 bits per heavy atom. The number of carbonyl (C=O) groups is 2. The first-order valence-electron chi connectivity index (χ1n) is 12.4. The Morgan fingerprint density at radius 2 is 1.68 bits per heavy atom. The molecule has 5 fully saturated rings. The summed E-state index contributed by atoms with van der Waals surface area (Å²) in [6.45, 7) is -0.170. The maximum Gasteiger partial charge on any atom is 0.244 e. The van der Waals surface area contributed by atoms with Crippen molar-refractivity contribution in [2.75, 3.05) is 6.54 Å². The fourth-order valence-electron chi connectivity index (χ4n) is 7.25. The number of fused-ring (bicyclic) bond motifs is 1. The van der Waals surface area contributed by atoms with Gasteiger partial charge in [-0.2, -0.15) is 4.31 Å². The Labute approximate surface area is 200 Å². The molecule has 5 aliphatic carbocycles. The third-order valence-corrected chi connectivity index (χ3v) is 10.7. The molecule has 0 saturated heterocycles. The SMILES string of the molecule is NC(=O)C12CC3CC(C1)C(NC(=O)CN(C1CC1)S(=O)(=O)c1cccc4ccccc14)C(C3)C2. The molecular weight excluding hydrogens is 450 g/mol. The molecule has 2 aromatic carbocycles. The molecule has 8 heteroatoms. The van der Waals surface area contributed by atoms with Crippen LogP contribution < -0.4 is 11.1 Å². The Bertz CT molecular complexity index is 1250. The van der Waals surface area contributed by atoms with Crippen LogP contribution in [0.15, 0.2) is 47.4 Å². The molecule has 180 valence electrons. The molecule has 2 amide bonds. The minimum atomic E-state index is -3.83. The normalized spacial score (nSPS) is 32.3. The molecule has 34 heavy (non-hydrogen) atoms. The molecule has 0 spiro atoms. The zero-order chi connectivity index (χ0) is 23.7. The van der Waals surface area contributed by atoms with E-state index in [-0.39, 0.29) is 47.2 Å². The summed E-state index contributed by atoms with van der Waals surface area (Å²) >= 11 is 0. The molecule has 5 saturated carbocycles. The van der Waals surface area contributed by atoms with Crippen molar-refractivity contribution in [1.29, 1.82) is 0 Å². The van der Waals surface area contributed by atoms with Gasteiger partial charge in [0.15, 0.2) is 0 Å². The number of nitrogens with zero attached hydrogens (tertiary/aromatic N) is 1. The lowest BCUT2D eigenvalue weighted by Gasteiger charge is -2.58. The van der Waals surface area contributed by atoms with Gasteiger partial charge in [-0.15, -0.1) is 0 Å². The van der Waals surface area contributed by atoms with E-state index in [9.17, 15) is 18.0 Å². The number of nitrogens with one attached hydrogen (secondary N) is 1. The zero-order valence-electron chi connectivity index (χ0n) is 19.2. The number of primary amides is 1. The summed E-state index contributed by atoms with van der Waals surface area (Å²) in [6.07, 6.45) is 5.92. The monoisotopic (exact) mass is 481 g/mol. The minimum absolute atomic E-state index is 0.00200. The highest BCUT2D eigenvalue weighted by atomic mass is 32.2. The number of rotatable bonds is 7. The lowest BCUT2D eigenvalue weighted by Crippen LogP contribution is -2.62. The van der Waals surface area contributed by atoms with Gasteiger partial charge in [0.25, 0.3) is 0 Å². The van der Waals surface area contributed by atoms with Gasteiger partial charge in [0.2, 0.25) is 21.8 Å². The fraction of sp³-hybridized carbons (Fsp3) is 0.538. The number of hydrogen-bond donors (Lipinski definition) is 2. The molecule has 7 rings (SSSR count). The van der Waals surface area contributed by atoms with Crippen molar-refractivity contribution in [3.05, 3.63) is 42.5 Å². The van der Waals surface area contributed by atoms with Crippen LogP contribution in [0.4, 0.5) is 0 Å². The molecule has 7 nitrogen and oxygen atoms in total. The van der Waals surface area contributed by atoms with Gasteiger partial charge in [-0.1, -0.05) is 36.4 Å². The van der Waals surface area contributed by atoms with Crippen LogP contribution in [-0.4, -0.2) is 43.2 Å². The Morgan fingerprint density at radius 1 is 1.00 bits per heavy atom. The lowest BCUT2D eigenvalue weighted by molar-refractivity contribution is -0.147. The number of amides is 2. The van der Waals surface area contributed by atoms with Crippen molar-refractivity contribution in [3.8, 4) is 0 Å². The number of carbonyl (C=O) groups excluding carboxylic acids is 2. The van der Waals surface area contributed by atoms with Crippen molar-refractivity contribution in [3.63, 3.8) is 0 Å². The summed E-state index contributed by atoms with van der Waals surface area (Å²) in [5.74, 6) is 0.547. The molecule has 2 aromatic rings. The average Bonchev–Trinajstić information content (AvgIpc) is 3.64. The maximum absolute atomic E-state index is 13.7. The summed E-state index contributed by atoms with van der Waals surface area (Å²) in [5.41, 5.74) is 5.38. The van der Waals surface area contributed by atoms with Gasteiger partial charge in [0, 0.05) is 22.9 Å². The van der Waals surface area contributed by atoms with Crippen molar-refractivity contribution in [2.45, 2.75) is 61.9 Å². The van der Waals surface area contributed by atoms with Gasteiger partial charge < -0.3 is 11.1 Å². The summed E-state index contributed by atoms with van der Waals surface area (Å²) in [7, 11) is -3.83. The molecule has 0 aliphatic heterocycles. The third-order valence-electron chi connectivity index (χ3n) is 8.71. The standard InChI is InChI=1S/C26H31N3O4S/c27-25(31)26-12-16-10-18(13-26)24(19(11-16)14-26)28-23(30)15-29(20-8-9-20)34(32,33)22-7-3-5-17-4-1-2-6-21(17)22/h1-7,16,18-20,24H,8-15H2,(H2,27,31)(H,28,30). The Balaban J connectivity index is 1.22. The van der Waals surface area contributed by atoms with E-state index < -0.39 is 15.4 Å². The van der Waals surface area contributed by atoms with Crippen LogP contribution in [0.25, 0.3) is 10.8 Å². The first-order chi connectivity index (χ1) is 16.3. The van der Waals surface area contributed by atoms with E-state index in [1.807, 2.05) is 30.3 Å². The van der Waals surface area contributed by atoms with E-state index in [4.69, 9.17) is 5.73 Å². The van der Waals surface area contributed by atoms with E-state index in [0.29, 0.717) is 11.3 Å². The number of sulfonamides is 1. The van der Waals surface area contributed by atoms with Gasteiger partial charge in [0.05, 0.1) is 11.4 Å². The van der Waals surface area contributed by atoms with Gasteiger partial charge in [-0.25, -0.2) is 8.42 Å². The minimum Gasteiger partial charge on any atom is -0.369 e. The summed E-state index contributed by atoms with van der Waals surface area (Å²) in [4.78, 5) is 25.7. The van der Waals surface area contributed by atoms with Crippen molar-refractivity contribution < 1.29 is 18.0 Å². The molecule has 2 atom stereocenters. The Kier molecular flexibility index (Phi) is 5.04. The maximum atomic E-state index is 13.7. The van der Waals surface area contributed by atoms with Crippen LogP contribution in [0.1, 0.15) is 44.9 Å². The largest absolute Gasteiger partial charge is 0.369 e. The molecule has 0 aromatic heterocycles. The van der Waals surface area contributed by atoms with Gasteiger partial charge >= 0.3 is 0 Å². The van der Waals surface area contributed by atoms with Crippen molar-refractivity contribution in [2.24, 2.45) is 28.9 Å². The summed E-state index contributed by atoms with van der Waals surface area (Å²) in [6, 6.07) is 12.6. The molecule has 4 bridgehead atoms. The van der Waals surface area contributed by atoms with Crippen LogP contribution in [-0.2, 0) is 19.6 Å². The molecular formula is C26H31N3O4S. The number of benzene rings is 2. The molecule has 0 radical (unpaired) electrons. The van der Waals surface area contributed by atoms with E-state index in [1.165, 1.54) is 4.31 Å². The molecule has 5 aliphatic rings. The van der Waals surface area contributed by atoms with Crippen LogP contribution in [0.5, 0.6) is 0 Å². The number of hydrogen-bond acceptors (Lipinski definition) is 4. The molecule has 3 N–H and O–H groups in total. The highest BCUT2D eigenvalue weighted by molar-refractivity contribution is 7.89. The van der Waals surface area contributed by atoms with Gasteiger partial charge in [-0.05, 0) is 74.2 Å². The first kappa shape index (κ1) is 22.0. The van der Waals surface area contributed by atoms with Crippen LogP contribution >= 0.6 is 0 Å². The van der Waals surface area contributed by atoms with Gasteiger partial charge in [-0.3, -0.25) is 9.59 Å². The molecule has 2 unspecified atom stereocenters. The topological polar surface area (TPSA) is 110 Å². The van der Waals surface area contributed by atoms with Gasteiger partial charge in [0.1, 0.15) is 0 Å². The smallest absolute Gasteiger partial charge is 0.244 e. The second-order valence-corrected chi connectivity index (χ2v) is 12.8. The summed E-state index contributed by atoms with van der Waals surface area (Å²) in [5, 5.41) is 4.73. The molecule has 0 heterocycles. The fourth-order valence-corrected chi connectivity index (χ4v) is 9.11. The Hall–Kier alpha value is -2.45. The lowest BCUT2D eigenvalue weighted by atomic mass is 9.47. The van der Waals surface area contributed by atoms with Crippen LogP contribution in [0.3, 0.4) is 0 Å². The first-order valence-corrected chi connectivity index (χ1v) is 13.8. The predicted octanol–water partition coefficient (Wildman–Crippen LogP) is 2.79. The van der Waals surface area contributed by atoms with E-state index >= 15 is 0 Å². The van der Waals surface area contributed by atoms with Crippen molar-refractivity contribution >= 4 is 32.6 Å². The highest BCUT2D eigenvalue weighted by Gasteiger charge is 2.58. The van der Waals surface area contributed by atoms with E-state index in [2.05, 4.69) is 5.32 Å². The quantitative estimate of drug-likeness (QED) is 0.634. The summed E-state index contributed by atoms with van der Waals surface area (Å²) < 4.78 is 28.8. The van der Waals surface area contributed by atoms with Crippen LogP contribution in [0.2, 0.25) is 0 Å². The second kappa shape index (κ2) is 7.78. The highest BCUT2D eigenvalue weighted by Crippen LogP contribution is 2.59. The predicted molar refractivity (Wildman–Crippen MR) is 128 cm³/mol. The van der Waals surface area contributed by atoms with Crippen LogP contribution in [0, 0.1) is 23.2 Å². The number of nitrogens with two attached hydrogens (primary N) is 1. The average molecular weight is 482 g/mol. The van der Waals surface area contributed by atoms with Crippen molar-refractivity contribution in [1.82, 2.24) is 9.62 Å². The van der Waals surface area contributed by atoms with E-state index in [0.717, 1.165) is 50.3 Å². The van der Waals surface area contributed by atoms with E-state index in [1.54, 1.807) is 12.1 Å². The third kappa shape index (κ3) is 3.53. The zero-order valence-corrected chi connectivity index (χ0v) is 20.0. The second-order valence-electron chi connectivity index (χ2n) is 11.0.